The molecule has 1 saturated carbocycles. The van der Waals surface area contributed by atoms with Gasteiger partial charge in [0, 0.05) is 27.8 Å². The molecule has 1 aliphatic rings. The van der Waals surface area contributed by atoms with Gasteiger partial charge < -0.3 is 19.9 Å². The second kappa shape index (κ2) is 14.8. The van der Waals surface area contributed by atoms with E-state index in [4.69, 9.17) is 14.6 Å². The number of nitrogens with one attached hydrogen (secondary N) is 1. The molecule has 28 heavy (non-hydrogen) atoms. The summed E-state index contributed by atoms with van der Waals surface area (Å²) in [7, 11) is 2.89. The Morgan fingerprint density at radius 2 is 1.93 bits per heavy atom. The molecule has 1 atom stereocenters. The zero-order valence-electron chi connectivity index (χ0n) is 19.0. The van der Waals surface area contributed by atoms with Crippen molar-refractivity contribution in [1.82, 2.24) is 5.32 Å². The van der Waals surface area contributed by atoms with E-state index in [-0.39, 0.29) is 13.3 Å². The third-order valence-corrected chi connectivity index (χ3v) is 4.48. The van der Waals surface area contributed by atoms with Crippen LogP contribution < -0.4 is 10.1 Å². The number of benzene rings is 1. The van der Waals surface area contributed by atoms with Crippen LogP contribution in [-0.4, -0.2) is 39.1 Å². The third kappa shape index (κ3) is 13.1. The van der Waals surface area contributed by atoms with Crippen LogP contribution in [0.2, 0.25) is 0 Å². The summed E-state index contributed by atoms with van der Waals surface area (Å²) in [5.41, 5.74) is 1.52. The minimum Gasteiger partial charge on any atom is -0.490 e. The largest absolute Gasteiger partial charge is 0.490 e. The number of hydrogen-bond donors (Lipinski definition) is 2. The van der Waals surface area contributed by atoms with Gasteiger partial charge in [0.25, 0.3) is 0 Å². The van der Waals surface area contributed by atoms with Gasteiger partial charge in [-0.1, -0.05) is 26.8 Å². The average Bonchev–Trinajstić information content (AvgIpc) is 3.50. The first kappa shape index (κ1) is 26.8. The van der Waals surface area contributed by atoms with Gasteiger partial charge in [0.15, 0.2) is 11.6 Å². The summed E-state index contributed by atoms with van der Waals surface area (Å²) in [6.45, 7) is 13.3. The van der Waals surface area contributed by atoms with E-state index in [0.29, 0.717) is 23.7 Å². The Bertz CT molecular complexity index is 519. The van der Waals surface area contributed by atoms with Crippen molar-refractivity contribution in [1.29, 1.82) is 0 Å². The maximum Gasteiger partial charge on any atom is 0.165 e. The molecule has 166 valence electrons. The highest BCUT2D eigenvalue weighted by Crippen LogP contribution is 2.31. The molecule has 0 radical (unpaired) electrons. The smallest absolute Gasteiger partial charge is 0.165 e. The number of aliphatic hydroxyl groups is 1. The fourth-order valence-corrected chi connectivity index (χ4v) is 2.41. The highest BCUT2D eigenvalue weighted by molar-refractivity contribution is 5.32. The molecular formula is C23H44FNO3. The molecule has 2 rings (SSSR count). The predicted molar refractivity (Wildman–Crippen MR) is 118 cm³/mol. The van der Waals surface area contributed by atoms with E-state index < -0.39 is 0 Å². The van der Waals surface area contributed by atoms with Crippen LogP contribution in [0.1, 0.15) is 73.3 Å². The van der Waals surface area contributed by atoms with Crippen LogP contribution in [0.5, 0.6) is 5.75 Å². The summed E-state index contributed by atoms with van der Waals surface area (Å²) < 4.78 is 24.2. The SMILES string of the molecule is CCOCCCC(C)(C)C.CN[C@H](C)c1ccc(F)c(OCC2CC2)c1.CO.[HH]. The molecule has 5 heteroatoms. The first-order chi connectivity index (χ1) is 13.3. The van der Waals surface area contributed by atoms with E-state index >= 15 is 0 Å². The lowest BCUT2D eigenvalue weighted by atomic mass is 9.91. The monoisotopic (exact) mass is 401 g/mol. The van der Waals surface area contributed by atoms with Gasteiger partial charge in [0.2, 0.25) is 0 Å². The van der Waals surface area contributed by atoms with Crippen molar-refractivity contribution in [2.45, 2.75) is 66.3 Å². The van der Waals surface area contributed by atoms with E-state index in [0.717, 1.165) is 25.9 Å². The quantitative estimate of drug-likeness (QED) is 0.529. The lowest BCUT2D eigenvalue weighted by Gasteiger charge is -2.17. The number of ether oxygens (including phenoxy) is 2. The van der Waals surface area contributed by atoms with Crippen molar-refractivity contribution < 1.29 is 20.4 Å². The van der Waals surface area contributed by atoms with Crippen molar-refractivity contribution >= 4 is 0 Å². The molecule has 0 heterocycles. The van der Waals surface area contributed by atoms with Crippen molar-refractivity contribution in [2.24, 2.45) is 11.3 Å². The standard InChI is InChI=1S/C13H18FNO.C9H20O.CH4O.H2/c1-9(15-2)11-5-6-12(14)13(7-11)16-8-10-3-4-10;1-5-10-8-6-7-9(2,3)4;1-2;/h5-7,9-10,15H,3-4,8H2,1-2H3;5-8H2,1-4H3;2H,1H3;1H/t9-;;;/m1.../s1. The zero-order valence-corrected chi connectivity index (χ0v) is 19.0. The highest BCUT2D eigenvalue weighted by Gasteiger charge is 2.22. The van der Waals surface area contributed by atoms with Crippen LogP contribution in [0.25, 0.3) is 0 Å². The average molecular weight is 402 g/mol. The minimum absolute atomic E-state index is 0. The van der Waals surface area contributed by atoms with Gasteiger partial charge in [0.05, 0.1) is 6.61 Å². The number of aliphatic hydroxyl groups excluding tert-OH is 1. The van der Waals surface area contributed by atoms with Gasteiger partial charge >= 0.3 is 0 Å². The lowest BCUT2D eigenvalue weighted by Crippen LogP contribution is -2.12. The van der Waals surface area contributed by atoms with Gasteiger partial charge in [-0.05, 0) is 75.6 Å². The Kier molecular flexibility index (Phi) is 14.2. The van der Waals surface area contributed by atoms with Gasteiger partial charge in [-0.15, -0.1) is 0 Å². The lowest BCUT2D eigenvalue weighted by molar-refractivity contribution is 0.134. The van der Waals surface area contributed by atoms with Crippen LogP contribution in [0, 0.1) is 17.2 Å². The second-order valence-corrected chi connectivity index (χ2v) is 8.32. The Morgan fingerprint density at radius 1 is 1.29 bits per heavy atom. The minimum atomic E-state index is -0.271. The number of hydrogen-bond acceptors (Lipinski definition) is 4. The van der Waals surface area contributed by atoms with E-state index in [1.165, 1.54) is 31.7 Å². The summed E-state index contributed by atoms with van der Waals surface area (Å²) in [6.07, 6.45) is 4.88. The first-order valence-corrected chi connectivity index (χ1v) is 10.4. The van der Waals surface area contributed by atoms with Crippen LogP contribution in [0.15, 0.2) is 18.2 Å². The summed E-state index contributed by atoms with van der Waals surface area (Å²) in [5.74, 6) is 0.754. The maximum absolute atomic E-state index is 13.5. The summed E-state index contributed by atoms with van der Waals surface area (Å²) in [6, 6.07) is 5.27. The zero-order chi connectivity index (χ0) is 21.6. The van der Waals surface area contributed by atoms with E-state index in [2.05, 4.69) is 26.1 Å². The highest BCUT2D eigenvalue weighted by atomic mass is 19.1. The molecule has 2 N–H and O–H groups in total. The van der Waals surface area contributed by atoms with Gasteiger partial charge in [-0.2, -0.15) is 0 Å². The summed E-state index contributed by atoms with van der Waals surface area (Å²) in [4.78, 5) is 0. The van der Waals surface area contributed by atoms with Gasteiger partial charge in [0.1, 0.15) is 0 Å². The second-order valence-electron chi connectivity index (χ2n) is 8.32. The molecule has 1 aromatic carbocycles. The molecule has 0 aliphatic heterocycles. The van der Waals surface area contributed by atoms with Crippen LogP contribution in [0.3, 0.4) is 0 Å². The van der Waals surface area contributed by atoms with Crippen molar-refractivity contribution in [3.63, 3.8) is 0 Å². The number of rotatable bonds is 9. The van der Waals surface area contributed by atoms with E-state index in [1.807, 2.05) is 20.9 Å². The normalized spacial score (nSPS) is 14.3. The molecule has 0 saturated heterocycles. The first-order valence-electron chi connectivity index (χ1n) is 10.4. The van der Waals surface area contributed by atoms with Gasteiger partial charge in [-0.25, -0.2) is 4.39 Å². The van der Waals surface area contributed by atoms with Crippen molar-refractivity contribution in [2.75, 3.05) is 34.0 Å². The molecule has 0 amide bonds. The van der Waals surface area contributed by atoms with Crippen molar-refractivity contribution in [3.8, 4) is 5.75 Å². The molecular weight excluding hydrogens is 357 g/mol. The molecule has 0 bridgehead atoms. The summed E-state index contributed by atoms with van der Waals surface area (Å²) in [5, 5.41) is 10.1. The molecule has 1 fully saturated rings. The fraction of sp³-hybridized carbons (Fsp3) is 0.739. The third-order valence-electron chi connectivity index (χ3n) is 4.48. The van der Waals surface area contributed by atoms with Gasteiger partial charge in [-0.3, -0.25) is 0 Å². The molecule has 0 aromatic heterocycles. The molecule has 0 unspecified atom stereocenters. The summed E-state index contributed by atoms with van der Waals surface area (Å²) >= 11 is 0. The number of halogens is 1. The Balaban J connectivity index is 0. The van der Waals surface area contributed by atoms with Crippen LogP contribution in [-0.2, 0) is 4.74 Å². The molecule has 1 aliphatic carbocycles. The van der Waals surface area contributed by atoms with Crippen LogP contribution >= 0.6 is 0 Å². The fourth-order valence-electron chi connectivity index (χ4n) is 2.41. The molecule has 0 spiro atoms. The van der Waals surface area contributed by atoms with E-state index in [1.54, 1.807) is 12.1 Å². The maximum atomic E-state index is 13.5. The Labute approximate surface area is 173 Å². The molecule has 1 aromatic rings. The Hall–Kier alpha value is -1.17. The van der Waals surface area contributed by atoms with Crippen molar-refractivity contribution in [3.05, 3.63) is 29.6 Å². The Morgan fingerprint density at radius 3 is 2.43 bits per heavy atom. The van der Waals surface area contributed by atoms with E-state index in [9.17, 15) is 4.39 Å². The molecule has 4 nitrogen and oxygen atoms in total. The topological polar surface area (TPSA) is 50.7 Å². The predicted octanol–water partition coefficient (Wildman–Crippen LogP) is 5.60. The van der Waals surface area contributed by atoms with Crippen LogP contribution in [0.4, 0.5) is 4.39 Å².